The van der Waals surface area contributed by atoms with E-state index in [1.807, 2.05) is 19.0 Å². The van der Waals surface area contributed by atoms with Crippen molar-refractivity contribution in [3.63, 3.8) is 0 Å². The molecule has 0 aromatic carbocycles. The summed E-state index contributed by atoms with van der Waals surface area (Å²) in [7, 11) is 3.92. The summed E-state index contributed by atoms with van der Waals surface area (Å²) in [6.45, 7) is 0. The van der Waals surface area contributed by atoms with Crippen LogP contribution in [0.1, 0.15) is 25.7 Å². The first-order valence-electron chi connectivity index (χ1n) is 5.65. The molecule has 1 N–H and O–H groups in total. The van der Waals surface area contributed by atoms with Gasteiger partial charge in [0.05, 0.1) is 4.87 Å². The Morgan fingerprint density at radius 2 is 2.25 bits per heavy atom. The summed E-state index contributed by atoms with van der Waals surface area (Å²) in [5.41, 5.74) is 0.0999. The van der Waals surface area contributed by atoms with Gasteiger partial charge < -0.3 is 10.2 Å². The number of nitrogens with zero attached hydrogens (tertiary/aromatic N) is 1. The average Bonchev–Trinajstić information content (AvgIpc) is 2.73. The van der Waals surface area contributed by atoms with E-state index < -0.39 is 0 Å². The summed E-state index contributed by atoms with van der Waals surface area (Å²) in [5, 5.41) is 4.29. The lowest BCUT2D eigenvalue weighted by Gasteiger charge is -2.36. The van der Waals surface area contributed by atoms with Crippen LogP contribution in [0.25, 0.3) is 0 Å². The van der Waals surface area contributed by atoms with Crippen LogP contribution < -0.4 is 5.32 Å². The molecule has 5 heteroatoms. The Morgan fingerprint density at radius 3 is 2.75 bits per heavy atom. The minimum atomic E-state index is -0.214. The van der Waals surface area contributed by atoms with Gasteiger partial charge in [-0.1, -0.05) is 0 Å². The maximum atomic E-state index is 6.58. The largest absolute Gasteiger partial charge is 0.357 e. The number of thiocarbonyl (C=S) groups is 1. The molecule has 2 saturated carbocycles. The molecule has 2 aliphatic carbocycles. The maximum Gasteiger partial charge on any atom is 0.168 e. The van der Waals surface area contributed by atoms with Gasteiger partial charge >= 0.3 is 0 Å². The van der Waals surface area contributed by atoms with E-state index in [-0.39, 0.29) is 10.4 Å². The Bertz CT molecular complexity index is 310. The first-order valence-corrected chi connectivity index (χ1v) is 6.97. The van der Waals surface area contributed by atoms with E-state index in [1.54, 1.807) is 0 Å². The summed E-state index contributed by atoms with van der Waals surface area (Å²) in [4.78, 5) is 1.72. The van der Waals surface area contributed by atoms with Crippen molar-refractivity contribution < 1.29 is 0 Å². The van der Waals surface area contributed by atoms with Crippen LogP contribution in [0.15, 0.2) is 0 Å². The first kappa shape index (κ1) is 12.7. The van der Waals surface area contributed by atoms with E-state index in [0.29, 0.717) is 11.8 Å². The molecule has 2 aliphatic rings. The van der Waals surface area contributed by atoms with Crippen LogP contribution in [0.3, 0.4) is 0 Å². The molecule has 3 unspecified atom stereocenters. The summed E-state index contributed by atoms with van der Waals surface area (Å²) in [6, 6.07) is 0. The first-order chi connectivity index (χ1) is 7.41. The SMILES string of the molecule is CN(C)C(=S)NC12CCC(C1)C(Cl)(CCl)C2. The highest BCUT2D eigenvalue weighted by Crippen LogP contribution is 2.56. The third kappa shape index (κ3) is 2.02. The zero-order chi connectivity index (χ0) is 12.0. The summed E-state index contributed by atoms with van der Waals surface area (Å²) < 4.78 is 0. The van der Waals surface area contributed by atoms with Crippen molar-refractivity contribution in [1.29, 1.82) is 0 Å². The lowest BCUT2D eigenvalue weighted by Crippen LogP contribution is -2.51. The highest BCUT2D eigenvalue weighted by Gasteiger charge is 2.58. The van der Waals surface area contributed by atoms with Gasteiger partial charge in [-0.25, -0.2) is 0 Å². The van der Waals surface area contributed by atoms with Crippen LogP contribution in [-0.2, 0) is 0 Å². The van der Waals surface area contributed by atoms with Gasteiger partial charge in [-0.3, -0.25) is 0 Å². The van der Waals surface area contributed by atoms with E-state index in [2.05, 4.69) is 5.32 Å². The molecule has 0 aliphatic heterocycles. The molecule has 2 rings (SSSR count). The Labute approximate surface area is 113 Å². The van der Waals surface area contributed by atoms with Gasteiger partial charge in [-0.15, -0.1) is 23.2 Å². The van der Waals surface area contributed by atoms with E-state index in [9.17, 15) is 0 Å². The number of nitrogens with one attached hydrogen (secondary N) is 1. The molecule has 0 aromatic heterocycles. The van der Waals surface area contributed by atoms with Crippen molar-refractivity contribution in [3.05, 3.63) is 0 Å². The number of hydrogen-bond acceptors (Lipinski definition) is 1. The van der Waals surface area contributed by atoms with Gasteiger partial charge in [0.15, 0.2) is 5.11 Å². The second kappa shape index (κ2) is 4.18. The Hall–Kier alpha value is 0.270. The molecule has 16 heavy (non-hydrogen) atoms. The third-order valence-corrected chi connectivity index (χ3v) is 5.63. The molecule has 0 heterocycles. The fourth-order valence-corrected chi connectivity index (χ4v) is 4.06. The fourth-order valence-electron chi connectivity index (χ4n) is 3.09. The van der Waals surface area contributed by atoms with Crippen molar-refractivity contribution in [2.75, 3.05) is 20.0 Å². The predicted octanol–water partition coefficient (Wildman–Crippen LogP) is 2.58. The highest BCUT2D eigenvalue weighted by molar-refractivity contribution is 7.80. The van der Waals surface area contributed by atoms with E-state index in [0.717, 1.165) is 24.4 Å². The molecule has 0 aromatic rings. The zero-order valence-corrected chi connectivity index (χ0v) is 12.1. The van der Waals surface area contributed by atoms with Gasteiger partial charge in [-0.05, 0) is 43.8 Å². The summed E-state index contributed by atoms with van der Waals surface area (Å²) in [5.74, 6) is 1.08. The number of rotatable bonds is 2. The van der Waals surface area contributed by atoms with Crippen molar-refractivity contribution >= 4 is 40.5 Å². The lowest BCUT2D eigenvalue weighted by atomic mass is 9.86. The van der Waals surface area contributed by atoms with Crippen molar-refractivity contribution in [2.24, 2.45) is 5.92 Å². The lowest BCUT2D eigenvalue weighted by molar-refractivity contribution is 0.330. The van der Waals surface area contributed by atoms with Gasteiger partial charge in [0, 0.05) is 25.5 Å². The summed E-state index contributed by atoms with van der Waals surface area (Å²) in [6.07, 6.45) is 4.37. The zero-order valence-electron chi connectivity index (χ0n) is 9.72. The van der Waals surface area contributed by atoms with Crippen LogP contribution in [-0.4, -0.2) is 40.4 Å². The topological polar surface area (TPSA) is 15.3 Å². The van der Waals surface area contributed by atoms with Gasteiger partial charge in [0.25, 0.3) is 0 Å². The van der Waals surface area contributed by atoms with Crippen molar-refractivity contribution in [1.82, 2.24) is 10.2 Å². The number of alkyl halides is 2. The van der Waals surface area contributed by atoms with Crippen LogP contribution in [0.4, 0.5) is 0 Å². The Balaban J connectivity index is 2.08. The van der Waals surface area contributed by atoms with Gasteiger partial charge in [-0.2, -0.15) is 0 Å². The van der Waals surface area contributed by atoms with E-state index >= 15 is 0 Å². The fraction of sp³-hybridized carbons (Fsp3) is 0.909. The van der Waals surface area contributed by atoms with Crippen molar-refractivity contribution in [3.8, 4) is 0 Å². The molecule has 0 saturated heterocycles. The van der Waals surface area contributed by atoms with Gasteiger partial charge in [0.2, 0.25) is 0 Å². The Kier molecular flexibility index (Phi) is 3.32. The number of hydrogen-bond donors (Lipinski definition) is 1. The molecule has 0 spiro atoms. The van der Waals surface area contributed by atoms with Crippen LogP contribution in [0.2, 0.25) is 0 Å². The monoisotopic (exact) mass is 280 g/mol. The van der Waals surface area contributed by atoms with Crippen LogP contribution in [0, 0.1) is 5.92 Å². The van der Waals surface area contributed by atoms with Crippen LogP contribution >= 0.6 is 35.4 Å². The van der Waals surface area contributed by atoms with Crippen LogP contribution in [0.5, 0.6) is 0 Å². The summed E-state index contributed by atoms with van der Waals surface area (Å²) >= 11 is 17.9. The maximum absolute atomic E-state index is 6.58. The standard InChI is InChI=1S/C11H18Cl2N2S/c1-15(2)9(16)14-10-4-3-8(5-10)11(13,6-10)7-12/h8H,3-7H2,1-2H3,(H,14,16). The molecular formula is C11H18Cl2N2S. The second-order valence-electron chi connectivity index (χ2n) is 5.39. The average molecular weight is 281 g/mol. The highest BCUT2D eigenvalue weighted by atomic mass is 35.5. The number of halogens is 2. The molecular weight excluding hydrogens is 263 g/mol. The smallest absolute Gasteiger partial charge is 0.168 e. The molecule has 2 nitrogen and oxygen atoms in total. The predicted molar refractivity (Wildman–Crippen MR) is 73.4 cm³/mol. The minimum Gasteiger partial charge on any atom is -0.357 e. The Morgan fingerprint density at radius 1 is 1.56 bits per heavy atom. The minimum absolute atomic E-state index is 0.0999. The molecule has 0 amide bonds. The third-order valence-electron chi connectivity index (χ3n) is 3.97. The molecule has 3 atom stereocenters. The molecule has 0 radical (unpaired) electrons. The van der Waals surface area contributed by atoms with Crippen molar-refractivity contribution in [2.45, 2.75) is 36.1 Å². The second-order valence-corrected chi connectivity index (χ2v) is 6.80. The quantitative estimate of drug-likeness (QED) is 0.618. The molecule has 92 valence electrons. The molecule has 2 fully saturated rings. The van der Waals surface area contributed by atoms with E-state index in [1.165, 1.54) is 6.42 Å². The number of fused-ring (bicyclic) bond motifs is 2. The van der Waals surface area contributed by atoms with Gasteiger partial charge in [0.1, 0.15) is 0 Å². The normalized spacial score (nSPS) is 41.1. The van der Waals surface area contributed by atoms with E-state index in [4.69, 9.17) is 35.4 Å². The molecule has 2 bridgehead atoms.